The molecule has 0 saturated carbocycles. The zero-order valence-corrected chi connectivity index (χ0v) is 12.4. The van der Waals surface area contributed by atoms with Gasteiger partial charge in [-0.15, -0.1) is 11.3 Å². The largest absolute Gasteiger partial charge is 0.438 e. The van der Waals surface area contributed by atoms with E-state index in [9.17, 15) is 0 Å². The van der Waals surface area contributed by atoms with E-state index in [-0.39, 0.29) is 0 Å². The highest BCUT2D eigenvalue weighted by atomic mass is 32.1. The van der Waals surface area contributed by atoms with E-state index < -0.39 is 0 Å². The van der Waals surface area contributed by atoms with Crippen LogP contribution in [0.25, 0.3) is 10.2 Å². The average Bonchev–Trinajstić information content (AvgIpc) is 2.71. The van der Waals surface area contributed by atoms with Crippen LogP contribution < -0.4 is 10.5 Å². The fraction of sp³-hybridized carbons (Fsp3) is 0.200. The molecule has 5 heteroatoms. The van der Waals surface area contributed by atoms with Gasteiger partial charge in [0.15, 0.2) is 0 Å². The molecule has 0 spiro atoms. The normalized spacial score (nSPS) is 10.9. The summed E-state index contributed by atoms with van der Waals surface area (Å²) >= 11 is 1.66. The van der Waals surface area contributed by atoms with Crippen molar-refractivity contribution in [3.63, 3.8) is 0 Å². The van der Waals surface area contributed by atoms with Crippen molar-refractivity contribution in [1.82, 2.24) is 9.97 Å². The number of aromatic nitrogens is 2. The average molecular weight is 285 g/mol. The molecule has 20 heavy (non-hydrogen) atoms. The van der Waals surface area contributed by atoms with Gasteiger partial charge in [-0.3, -0.25) is 0 Å². The van der Waals surface area contributed by atoms with Crippen LogP contribution in [0, 0.1) is 20.8 Å². The summed E-state index contributed by atoms with van der Waals surface area (Å²) in [6.07, 6.45) is 1.54. The second-order valence-electron chi connectivity index (χ2n) is 4.77. The number of anilines is 1. The number of thiophene rings is 1. The molecule has 102 valence electrons. The topological polar surface area (TPSA) is 61.0 Å². The van der Waals surface area contributed by atoms with Crippen LogP contribution in [-0.4, -0.2) is 9.97 Å². The molecule has 2 N–H and O–H groups in total. The van der Waals surface area contributed by atoms with Crippen LogP contribution in [0.3, 0.4) is 0 Å². The van der Waals surface area contributed by atoms with E-state index in [1.165, 1.54) is 16.8 Å². The maximum Gasteiger partial charge on any atom is 0.231 e. The summed E-state index contributed by atoms with van der Waals surface area (Å²) in [7, 11) is 0. The number of fused-ring (bicyclic) bond motifs is 1. The fourth-order valence-corrected chi connectivity index (χ4v) is 3.05. The first-order chi connectivity index (χ1) is 9.56. The summed E-state index contributed by atoms with van der Waals surface area (Å²) in [6.45, 7) is 6.13. The Morgan fingerprint density at radius 1 is 1.15 bits per heavy atom. The lowest BCUT2D eigenvalue weighted by Gasteiger charge is -2.09. The van der Waals surface area contributed by atoms with Gasteiger partial charge >= 0.3 is 0 Å². The molecule has 0 aliphatic rings. The predicted molar refractivity (Wildman–Crippen MR) is 82.6 cm³/mol. The number of nitrogen functional groups attached to an aromatic ring is 1. The molecule has 4 nitrogen and oxygen atoms in total. The van der Waals surface area contributed by atoms with E-state index in [1.807, 2.05) is 25.1 Å². The van der Waals surface area contributed by atoms with Crippen molar-refractivity contribution < 1.29 is 4.74 Å². The highest BCUT2D eigenvalue weighted by Gasteiger charge is 2.14. The van der Waals surface area contributed by atoms with Gasteiger partial charge in [0, 0.05) is 16.6 Å². The molecule has 0 atom stereocenters. The Kier molecular flexibility index (Phi) is 3.06. The van der Waals surface area contributed by atoms with Gasteiger partial charge in [-0.1, -0.05) is 6.07 Å². The van der Waals surface area contributed by atoms with E-state index in [1.54, 1.807) is 11.3 Å². The molecule has 1 aromatic carbocycles. The van der Waals surface area contributed by atoms with Crippen molar-refractivity contribution in [2.45, 2.75) is 20.8 Å². The zero-order chi connectivity index (χ0) is 14.3. The minimum absolute atomic E-state index is 0.588. The third-order valence-corrected chi connectivity index (χ3v) is 4.46. The Bertz CT molecular complexity index is 795. The highest BCUT2D eigenvalue weighted by molar-refractivity contribution is 7.18. The predicted octanol–water partition coefficient (Wildman–Crippen LogP) is 3.99. The second kappa shape index (κ2) is 4.76. The first kappa shape index (κ1) is 12.9. The van der Waals surface area contributed by atoms with Gasteiger partial charge < -0.3 is 10.5 Å². The summed E-state index contributed by atoms with van der Waals surface area (Å²) < 4.78 is 5.97. The molecule has 0 unspecified atom stereocenters. The SMILES string of the molecule is Cc1ccc(N)cc1Oc1ncnc2sc(C)c(C)c12. The molecule has 0 aliphatic carbocycles. The maximum atomic E-state index is 5.97. The van der Waals surface area contributed by atoms with E-state index in [0.29, 0.717) is 11.6 Å². The maximum absolute atomic E-state index is 5.97. The van der Waals surface area contributed by atoms with Crippen LogP contribution in [0.5, 0.6) is 11.6 Å². The smallest absolute Gasteiger partial charge is 0.231 e. The number of hydrogen-bond donors (Lipinski definition) is 1. The Balaban J connectivity index is 2.13. The molecule has 0 bridgehead atoms. The number of nitrogens with zero attached hydrogens (tertiary/aromatic N) is 2. The Morgan fingerprint density at radius 3 is 2.75 bits per heavy atom. The summed E-state index contributed by atoms with van der Waals surface area (Å²) in [6, 6.07) is 5.62. The molecule has 0 amide bonds. The first-order valence-corrected chi connectivity index (χ1v) is 7.12. The number of benzene rings is 1. The number of hydrogen-bond acceptors (Lipinski definition) is 5. The minimum atomic E-state index is 0.588. The number of nitrogens with two attached hydrogens (primary N) is 1. The molecule has 0 radical (unpaired) electrons. The van der Waals surface area contributed by atoms with Gasteiger partial charge in [0.2, 0.25) is 5.88 Å². The van der Waals surface area contributed by atoms with Crippen LogP contribution in [0.15, 0.2) is 24.5 Å². The molecule has 3 rings (SSSR count). The number of rotatable bonds is 2. The van der Waals surface area contributed by atoms with Gasteiger partial charge in [0.1, 0.15) is 16.9 Å². The summed E-state index contributed by atoms with van der Waals surface area (Å²) in [4.78, 5) is 10.8. The molecule has 2 aromatic heterocycles. The summed E-state index contributed by atoms with van der Waals surface area (Å²) in [5.41, 5.74) is 8.68. The van der Waals surface area contributed by atoms with Gasteiger partial charge in [-0.05, 0) is 38.0 Å². The van der Waals surface area contributed by atoms with Crippen molar-refractivity contribution in [2.24, 2.45) is 0 Å². The molecule has 2 heterocycles. The molecule has 0 aliphatic heterocycles. The summed E-state index contributed by atoms with van der Waals surface area (Å²) in [5.74, 6) is 1.32. The van der Waals surface area contributed by atoms with Gasteiger partial charge in [-0.2, -0.15) is 0 Å². The highest BCUT2D eigenvalue weighted by Crippen LogP contribution is 2.36. The van der Waals surface area contributed by atoms with E-state index in [0.717, 1.165) is 21.5 Å². The molecular formula is C15H15N3OS. The van der Waals surface area contributed by atoms with Gasteiger partial charge in [0.25, 0.3) is 0 Å². The monoisotopic (exact) mass is 285 g/mol. The van der Waals surface area contributed by atoms with Crippen LogP contribution in [-0.2, 0) is 0 Å². The zero-order valence-electron chi connectivity index (χ0n) is 11.6. The Morgan fingerprint density at radius 2 is 1.95 bits per heavy atom. The minimum Gasteiger partial charge on any atom is -0.438 e. The van der Waals surface area contributed by atoms with Crippen LogP contribution in [0.1, 0.15) is 16.0 Å². The number of aryl methyl sites for hydroxylation is 3. The van der Waals surface area contributed by atoms with E-state index in [4.69, 9.17) is 10.5 Å². The van der Waals surface area contributed by atoms with Crippen LogP contribution in [0.4, 0.5) is 5.69 Å². The van der Waals surface area contributed by atoms with Crippen LogP contribution in [0.2, 0.25) is 0 Å². The lowest BCUT2D eigenvalue weighted by atomic mass is 10.2. The quantitative estimate of drug-likeness (QED) is 0.723. The van der Waals surface area contributed by atoms with Crippen molar-refractivity contribution in [2.75, 3.05) is 5.73 Å². The van der Waals surface area contributed by atoms with Crippen molar-refractivity contribution in [3.8, 4) is 11.6 Å². The summed E-state index contributed by atoms with van der Waals surface area (Å²) in [5, 5.41) is 0.983. The van der Waals surface area contributed by atoms with Crippen molar-refractivity contribution in [3.05, 3.63) is 40.5 Å². The third-order valence-electron chi connectivity index (χ3n) is 3.35. The fourth-order valence-electron chi connectivity index (χ4n) is 2.06. The van der Waals surface area contributed by atoms with Crippen molar-refractivity contribution in [1.29, 1.82) is 0 Å². The van der Waals surface area contributed by atoms with Crippen LogP contribution >= 0.6 is 11.3 Å². The first-order valence-electron chi connectivity index (χ1n) is 6.31. The third kappa shape index (κ3) is 2.10. The Hall–Kier alpha value is -2.14. The van der Waals surface area contributed by atoms with E-state index >= 15 is 0 Å². The second-order valence-corrected chi connectivity index (χ2v) is 5.97. The lowest BCUT2D eigenvalue weighted by Crippen LogP contribution is -1.94. The van der Waals surface area contributed by atoms with Gasteiger partial charge in [-0.25, -0.2) is 9.97 Å². The standard InChI is InChI=1S/C15H15N3OS/c1-8-4-5-11(16)6-12(8)19-14-13-9(2)10(3)20-15(13)18-7-17-14/h4-7H,16H2,1-3H3. The lowest BCUT2D eigenvalue weighted by molar-refractivity contribution is 0.465. The van der Waals surface area contributed by atoms with E-state index in [2.05, 4.69) is 23.8 Å². The molecule has 3 aromatic rings. The van der Waals surface area contributed by atoms with Crippen molar-refractivity contribution >= 4 is 27.2 Å². The number of ether oxygens (including phenoxy) is 1. The van der Waals surface area contributed by atoms with Gasteiger partial charge in [0.05, 0.1) is 5.39 Å². The molecular weight excluding hydrogens is 270 g/mol. The Labute approximate surface area is 121 Å². The molecule has 0 saturated heterocycles. The molecule has 0 fully saturated rings.